The molecule has 0 amide bonds. The van der Waals surface area contributed by atoms with Crippen LogP contribution in [0.5, 0.6) is 0 Å². The minimum absolute atomic E-state index is 0.116. The molecule has 0 radical (unpaired) electrons. The third kappa shape index (κ3) is 5.11. The second kappa shape index (κ2) is 9.83. The Balaban J connectivity index is 1.33. The van der Waals surface area contributed by atoms with E-state index < -0.39 is 0 Å². The maximum absolute atomic E-state index is 5.62. The van der Waals surface area contributed by atoms with E-state index in [0.717, 1.165) is 50.9 Å². The van der Waals surface area contributed by atoms with Gasteiger partial charge in [-0.2, -0.15) is 0 Å². The number of rotatable bonds is 7. The molecule has 2 N–H and O–H groups in total. The van der Waals surface area contributed by atoms with Gasteiger partial charge in [0, 0.05) is 24.5 Å². The predicted octanol–water partition coefficient (Wildman–Crippen LogP) is 3.51. The Bertz CT molecular complexity index is 772. The third-order valence-electron chi connectivity index (χ3n) is 5.60. The Hall–Kier alpha value is -1.47. The molecule has 1 saturated heterocycles. The van der Waals surface area contributed by atoms with Gasteiger partial charge in [-0.3, -0.25) is 4.90 Å². The quantitative estimate of drug-likeness (QED) is 0.535. The fourth-order valence-electron chi connectivity index (χ4n) is 4.06. The van der Waals surface area contributed by atoms with Crippen LogP contribution in [0.4, 0.5) is 0 Å². The van der Waals surface area contributed by atoms with Gasteiger partial charge in [-0.15, -0.1) is 11.3 Å². The van der Waals surface area contributed by atoms with Gasteiger partial charge in [0.15, 0.2) is 5.11 Å². The highest BCUT2D eigenvalue weighted by atomic mass is 32.1. The zero-order valence-corrected chi connectivity index (χ0v) is 17.9. The average molecular weight is 416 g/mol. The predicted molar refractivity (Wildman–Crippen MR) is 120 cm³/mol. The molecule has 0 spiro atoms. The summed E-state index contributed by atoms with van der Waals surface area (Å²) in [6, 6.07) is 11.4. The van der Waals surface area contributed by atoms with Crippen LogP contribution < -0.4 is 10.6 Å². The van der Waals surface area contributed by atoms with Crippen LogP contribution in [0, 0.1) is 0 Å². The number of ether oxygens (including phenoxy) is 1. The van der Waals surface area contributed by atoms with E-state index in [0.29, 0.717) is 0 Å². The molecule has 150 valence electrons. The van der Waals surface area contributed by atoms with Crippen molar-refractivity contribution < 1.29 is 4.74 Å². The summed E-state index contributed by atoms with van der Waals surface area (Å²) >= 11 is 7.40. The number of thiophene rings is 1. The van der Waals surface area contributed by atoms with Gasteiger partial charge in [-0.05, 0) is 72.6 Å². The maximum atomic E-state index is 5.62. The molecule has 28 heavy (non-hydrogen) atoms. The van der Waals surface area contributed by atoms with Crippen molar-refractivity contribution in [3.63, 3.8) is 0 Å². The Morgan fingerprint density at radius 3 is 2.86 bits per heavy atom. The maximum Gasteiger partial charge on any atom is 0.167 e. The zero-order valence-electron chi connectivity index (χ0n) is 16.3. The molecule has 1 aliphatic carbocycles. The Labute approximate surface area is 177 Å². The van der Waals surface area contributed by atoms with E-state index in [9.17, 15) is 0 Å². The van der Waals surface area contributed by atoms with Crippen molar-refractivity contribution in [2.24, 2.45) is 0 Å². The van der Waals surface area contributed by atoms with E-state index in [4.69, 9.17) is 17.0 Å². The van der Waals surface area contributed by atoms with Crippen molar-refractivity contribution in [3.8, 4) is 0 Å². The SMILES string of the molecule is S=C(NCCCN1CCOCC1)N[C@@H](c1ccc2c(c1)CCC2)c1cccs1. The molecular formula is C22H29N3OS2. The molecule has 1 atom stereocenters. The van der Waals surface area contributed by atoms with Crippen molar-refractivity contribution in [3.05, 3.63) is 57.3 Å². The monoisotopic (exact) mass is 415 g/mol. The summed E-state index contributed by atoms with van der Waals surface area (Å²) in [5, 5.41) is 9.84. The number of fused-ring (bicyclic) bond motifs is 1. The molecule has 0 saturated carbocycles. The van der Waals surface area contributed by atoms with E-state index in [-0.39, 0.29) is 6.04 Å². The Kier molecular flexibility index (Phi) is 6.96. The topological polar surface area (TPSA) is 36.5 Å². The first kappa shape index (κ1) is 19.8. The number of aryl methyl sites for hydroxylation is 2. The molecule has 6 heteroatoms. The van der Waals surface area contributed by atoms with Crippen LogP contribution in [0.1, 0.15) is 40.5 Å². The van der Waals surface area contributed by atoms with Crippen LogP contribution in [0.3, 0.4) is 0 Å². The zero-order chi connectivity index (χ0) is 19.2. The van der Waals surface area contributed by atoms with E-state index in [2.05, 4.69) is 51.2 Å². The molecule has 1 aliphatic heterocycles. The highest BCUT2D eigenvalue weighted by Crippen LogP contribution is 2.30. The van der Waals surface area contributed by atoms with Gasteiger partial charge in [0.2, 0.25) is 0 Å². The molecule has 1 aromatic heterocycles. The summed E-state index contributed by atoms with van der Waals surface area (Å²) in [5.74, 6) is 0. The Morgan fingerprint density at radius 2 is 2.04 bits per heavy atom. The molecule has 0 unspecified atom stereocenters. The van der Waals surface area contributed by atoms with Gasteiger partial charge in [-0.25, -0.2) is 0 Å². The van der Waals surface area contributed by atoms with Gasteiger partial charge < -0.3 is 15.4 Å². The highest BCUT2D eigenvalue weighted by molar-refractivity contribution is 7.80. The van der Waals surface area contributed by atoms with Gasteiger partial charge in [0.05, 0.1) is 19.3 Å². The van der Waals surface area contributed by atoms with Gasteiger partial charge in [0.1, 0.15) is 0 Å². The van der Waals surface area contributed by atoms with Crippen molar-refractivity contribution in [1.29, 1.82) is 0 Å². The molecule has 2 heterocycles. The standard InChI is InChI=1S/C22H29N3OS2/c27-22(23-9-3-10-25-11-13-26-14-12-25)24-21(20-6-2-15-28-20)19-8-7-17-4-1-5-18(17)16-19/h2,6-8,15-16,21H,1,3-5,9-14H2,(H2,23,24,27)/t21-/m0/s1. The molecule has 0 bridgehead atoms. The lowest BCUT2D eigenvalue weighted by Crippen LogP contribution is -2.40. The number of nitrogens with zero attached hydrogens (tertiary/aromatic N) is 1. The van der Waals surface area contributed by atoms with E-state index in [1.807, 2.05) is 0 Å². The van der Waals surface area contributed by atoms with Crippen LogP contribution in [0.25, 0.3) is 0 Å². The summed E-state index contributed by atoms with van der Waals surface area (Å²) in [6.07, 6.45) is 4.78. The summed E-state index contributed by atoms with van der Waals surface area (Å²) in [6.45, 7) is 5.79. The largest absolute Gasteiger partial charge is 0.379 e. The number of hydrogen-bond donors (Lipinski definition) is 2. The smallest absolute Gasteiger partial charge is 0.167 e. The van der Waals surface area contributed by atoms with Crippen molar-refractivity contribution in [2.45, 2.75) is 31.7 Å². The van der Waals surface area contributed by atoms with Crippen molar-refractivity contribution in [2.75, 3.05) is 39.4 Å². The Morgan fingerprint density at radius 1 is 1.18 bits per heavy atom. The average Bonchev–Trinajstić information content (AvgIpc) is 3.41. The molecule has 4 rings (SSSR count). The fraction of sp³-hybridized carbons (Fsp3) is 0.500. The van der Waals surface area contributed by atoms with Crippen LogP contribution >= 0.6 is 23.6 Å². The van der Waals surface area contributed by atoms with Crippen LogP contribution in [0.2, 0.25) is 0 Å². The molecule has 2 aliphatic rings. The molecule has 4 nitrogen and oxygen atoms in total. The highest BCUT2D eigenvalue weighted by Gasteiger charge is 2.19. The molecule has 2 aromatic rings. The first-order valence-electron chi connectivity index (χ1n) is 10.3. The number of benzene rings is 1. The van der Waals surface area contributed by atoms with Crippen LogP contribution in [0.15, 0.2) is 35.7 Å². The number of hydrogen-bond acceptors (Lipinski definition) is 4. The summed E-state index contributed by atoms with van der Waals surface area (Å²) in [7, 11) is 0. The van der Waals surface area contributed by atoms with Gasteiger partial charge >= 0.3 is 0 Å². The third-order valence-corrected chi connectivity index (χ3v) is 6.80. The minimum Gasteiger partial charge on any atom is -0.379 e. The first-order chi connectivity index (χ1) is 13.8. The number of thiocarbonyl (C=S) groups is 1. The van der Waals surface area contributed by atoms with Crippen LogP contribution in [-0.4, -0.2) is 49.4 Å². The number of morpholine rings is 1. The summed E-state index contributed by atoms with van der Waals surface area (Å²) in [4.78, 5) is 3.76. The molecule has 1 fully saturated rings. The lowest BCUT2D eigenvalue weighted by molar-refractivity contribution is 0.0376. The van der Waals surface area contributed by atoms with Gasteiger partial charge in [0.25, 0.3) is 0 Å². The fourth-order valence-corrected chi connectivity index (χ4v) is 5.08. The first-order valence-corrected chi connectivity index (χ1v) is 11.6. The van der Waals surface area contributed by atoms with E-state index in [1.165, 1.54) is 40.8 Å². The second-order valence-electron chi connectivity index (χ2n) is 7.54. The molecule has 1 aromatic carbocycles. The van der Waals surface area contributed by atoms with E-state index in [1.54, 1.807) is 11.3 Å². The normalized spacial score (nSPS) is 17.9. The van der Waals surface area contributed by atoms with Crippen molar-refractivity contribution >= 4 is 28.7 Å². The molecular weight excluding hydrogens is 386 g/mol. The lowest BCUT2D eigenvalue weighted by Gasteiger charge is -2.26. The summed E-state index contributed by atoms with van der Waals surface area (Å²) in [5.41, 5.74) is 4.32. The van der Waals surface area contributed by atoms with Gasteiger partial charge in [-0.1, -0.05) is 24.3 Å². The van der Waals surface area contributed by atoms with E-state index >= 15 is 0 Å². The minimum atomic E-state index is 0.116. The number of nitrogens with one attached hydrogen (secondary N) is 2. The summed E-state index contributed by atoms with van der Waals surface area (Å²) < 4.78 is 5.41. The lowest BCUT2D eigenvalue weighted by atomic mass is 10.00. The second-order valence-corrected chi connectivity index (χ2v) is 8.93. The van der Waals surface area contributed by atoms with Crippen molar-refractivity contribution in [1.82, 2.24) is 15.5 Å². The van der Waals surface area contributed by atoms with Crippen LogP contribution in [-0.2, 0) is 17.6 Å².